The molecule has 1 aromatic carbocycles. The number of amides is 3. The minimum atomic E-state index is -1.50. The van der Waals surface area contributed by atoms with E-state index in [1.54, 1.807) is 6.07 Å². The second-order valence-corrected chi connectivity index (χ2v) is 9.56. The third kappa shape index (κ3) is 2.41. The highest BCUT2D eigenvalue weighted by molar-refractivity contribution is 6.03. The number of aromatic hydroxyl groups is 1. The van der Waals surface area contributed by atoms with Gasteiger partial charge in [0.2, 0.25) is 0 Å². The Morgan fingerprint density at radius 1 is 1.19 bits per heavy atom. The summed E-state index contributed by atoms with van der Waals surface area (Å²) in [6.07, 6.45) is 1.73. The molecule has 1 aromatic rings. The van der Waals surface area contributed by atoms with Crippen LogP contribution < -0.4 is 15.4 Å². The second-order valence-electron chi connectivity index (χ2n) is 9.56. The lowest BCUT2D eigenvalue weighted by Crippen LogP contribution is -2.72. The first-order valence-corrected chi connectivity index (χ1v) is 11.0. The summed E-state index contributed by atoms with van der Waals surface area (Å²) >= 11 is 0. The van der Waals surface area contributed by atoms with Crippen LogP contribution in [0.15, 0.2) is 12.1 Å². The number of ether oxygens (including phenoxy) is 1. The monoisotopic (exact) mass is 427 g/mol. The molecule has 2 bridgehead atoms. The van der Waals surface area contributed by atoms with Gasteiger partial charge in [0.05, 0.1) is 11.0 Å². The normalized spacial score (nSPS) is 36.9. The van der Waals surface area contributed by atoms with Crippen LogP contribution in [-0.2, 0) is 10.2 Å². The molecule has 0 radical (unpaired) electrons. The number of carbonyl (C=O) groups excluding carboxylic acids is 3. The van der Waals surface area contributed by atoms with E-state index in [4.69, 9.17) is 4.74 Å². The smallest absolute Gasteiger partial charge is 0.321 e. The van der Waals surface area contributed by atoms with Crippen LogP contribution >= 0.6 is 0 Å². The number of urea groups is 1. The molecule has 164 valence electrons. The van der Waals surface area contributed by atoms with Gasteiger partial charge in [0.25, 0.3) is 5.91 Å². The average molecular weight is 427 g/mol. The fourth-order valence-corrected chi connectivity index (χ4v) is 6.40. The number of aliphatic hydroxyl groups is 1. The number of piperidine rings is 1. The molecule has 2 aliphatic carbocycles. The minimum Gasteiger partial charge on any atom is -0.504 e. The number of nitrogens with zero attached hydrogens (tertiary/aromatic N) is 1. The number of nitrogens with one attached hydrogen (secondary N) is 2. The first kappa shape index (κ1) is 19.1. The molecule has 31 heavy (non-hydrogen) atoms. The van der Waals surface area contributed by atoms with Crippen LogP contribution in [0.4, 0.5) is 4.79 Å². The molecule has 1 spiro atoms. The predicted octanol–water partition coefficient (Wildman–Crippen LogP) is 0.422. The minimum absolute atomic E-state index is 0.0710. The van der Waals surface area contributed by atoms with Gasteiger partial charge in [-0.2, -0.15) is 0 Å². The fraction of sp³-hybridized carbons (Fsp3) is 0.591. The molecule has 4 unspecified atom stereocenters. The van der Waals surface area contributed by atoms with E-state index >= 15 is 0 Å². The lowest BCUT2D eigenvalue weighted by Gasteiger charge is -2.57. The van der Waals surface area contributed by atoms with Crippen LogP contribution in [0, 0.1) is 5.92 Å². The van der Waals surface area contributed by atoms with Gasteiger partial charge < -0.3 is 20.3 Å². The van der Waals surface area contributed by atoms with Crippen LogP contribution in [0.3, 0.4) is 0 Å². The third-order valence-corrected chi connectivity index (χ3v) is 7.96. The molecule has 3 fully saturated rings. The molecule has 0 aromatic heterocycles. The number of phenols is 1. The van der Waals surface area contributed by atoms with E-state index in [9.17, 15) is 24.6 Å². The second kappa shape index (κ2) is 6.20. The Bertz CT molecular complexity index is 1020. The topological polar surface area (TPSA) is 128 Å². The van der Waals surface area contributed by atoms with Gasteiger partial charge in [-0.3, -0.25) is 19.8 Å². The number of phenolic OH excluding ortho intramolecular Hbond substituents is 1. The molecule has 1 saturated carbocycles. The molecular weight excluding hydrogens is 402 g/mol. The fourth-order valence-electron chi connectivity index (χ4n) is 6.40. The molecule has 4 N–H and O–H groups in total. The van der Waals surface area contributed by atoms with E-state index in [2.05, 4.69) is 15.5 Å². The Morgan fingerprint density at radius 2 is 2.00 bits per heavy atom. The average Bonchev–Trinajstić information content (AvgIpc) is 3.46. The van der Waals surface area contributed by atoms with Crippen molar-refractivity contribution in [1.82, 2.24) is 15.5 Å². The van der Waals surface area contributed by atoms with Crippen LogP contribution in [-0.4, -0.2) is 70.2 Å². The van der Waals surface area contributed by atoms with E-state index in [0.29, 0.717) is 30.0 Å². The molecule has 3 aliphatic heterocycles. The Hall–Kier alpha value is -2.65. The molecule has 9 nitrogen and oxygen atoms in total. The zero-order chi connectivity index (χ0) is 21.5. The largest absolute Gasteiger partial charge is 0.504 e. The maximum Gasteiger partial charge on any atom is 0.321 e. The zero-order valence-corrected chi connectivity index (χ0v) is 17.0. The molecule has 4 atom stereocenters. The number of ketones is 1. The van der Waals surface area contributed by atoms with Crippen molar-refractivity contribution in [2.24, 2.45) is 5.92 Å². The summed E-state index contributed by atoms with van der Waals surface area (Å²) in [5.74, 6) is -0.350. The van der Waals surface area contributed by atoms with Crippen molar-refractivity contribution in [2.75, 3.05) is 19.6 Å². The number of hydrogen-bond donors (Lipinski definition) is 4. The lowest BCUT2D eigenvalue weighted by molar-refractivity contribution is -0.168. The van der Waals surface area contributed by atoms with Gasteiger partial charge in [0.1, 0.15) is 0 Å². The van der Waals surface area contributed by atoms with E-state index in [0.717, 1.165) is 19.4 Å². The number of Topliss-reactive ketones (excluding diaryl/α,β-unsaturated/α-hetero) is 1. The van der Waals surface area contributed by atoms with Gasteiger partial charge in [-0.1, -0.05) is 0 Å². The maximum absolute atomic E-state index is 13.4. The quantitative estimate of drug-likeness (QED) is 0.539. The summed E-state index contributed by atoms with van der Waals surface area (Å²) in [5.41, 5.74) is -1.93. The van der Waals surface area contributed by atoms with Crippen molar-refractivity contribution >= 4 is 17.7 Å². The number of likely N-dealkylation sites (tertiary alicyclic amines) is 1. The van der Waals surface area contributed by atoms with Crippen molar-refractivity contribution in [2.45, 2.75) is 55.3 Å². The van der Waals surface area contributed by atoms with Gasteiger partial charge in [0, 0.05) is 36.7 Å². The van der Waals surface area contributed by atoms with Crippen molar-refractivity contribution in [3.63, 3.8) is 0 Å². The molecule has 5 aliphatic rings. The lowest BCUT2D eigenvalue weighted by atomic mass is 9.56. The van der Waals surface area contributed by atoms with Gasteiger partial charge in [-0.05, 0) is 50.3 Å². The first-order chi connectivity index (χ1) is 14.8. The predicted molar refractivity (Wildman–Crippen MR) is 107 cm³/mol. The number of rotatable bonds is 2. The molecule has 3 amide bonds. The third-order valence-electron chi connectivity index (χ3n) is 7.96. The Balaban J connectivity index is 1.61. The zero-order valence-electron chi connectivity index (χ0n) is 17.0. The highest BCUT2D eigenvalue weighted by Gasteiger charge is 2.71. The first-order valence-electron chi connectivity index (χ1n) is 11.0. The number of hydrogen-bond acceptors (Lipinski definition) is 7. The van der Waals surface area contributed by atoms with Crippen LogP contribution in [0.5, 0.6) is 11.5 Å². The summed E-state index contributed by atoms with van der Waals surface area (Å²) < 4.78 is 5.99. The molecule has 6 rings (SSSR count). The summed E-state index contributed by atoms with van der Waals surface area (Å²) in [6.45, 7) is 1.55. The van der Waals surface area contributed by atoms with Crippen molar-refractivity contribution in [3.8, 4) is 11.5 Å². The number of benzene rings is 1. The van der Waals surface area contributed by atoms with Crippen molar-refractivity contribution in [1.29, 1.82) is 0 Å². The van der Waals surface area contributed by atoms with Gasteiger partial charge in [0.15, 0.2) is 23.4 Å². The van der Waals surface area contributed by atoms with E-state index < -0.39 is 35.1 Å². The van der Waals surface area contributed by atoms with Crippen molar-refractivity contribution in [3.05, 3.63) is 23.3 Å². The van der Waals surface area contributed by atoms with Crippen LogP contribution in [0.25, 0.3) is 0 Å². The summed E-state index contributed by atoms with van der Waals surface area (Å²) in [7, 11) is 0. The van der Waals surface area contributed by atoms with Crippen LogP contribution in [0.2, 0.25) is 0 Å². The summed E-state index contributed by atoms with van der Waals surface area (Å²) in [4.78, 5) is 40.9. The number of carbonyl (C=O) groups is 3. The maximum atomic E-state index is 13.4. The molecule has 9 heteroatoms. The highest BCUT2D eigenvalue weighted by atomic mass is 16.5. The van der Waals surface area contributed by atoms with E-state index in [1.807, 2.05) is 0 Å². The van der Waals surface area contributed by atoms with Gasteiger partial charge in [-0.25, -0.2) is 4.79 Å². The summed E-state index contributed by atoms with van der Waals surface area (Å²) in [5, 5.41) is 27.9. The van der Waals surface area contributed by atoms with E-state index in [1.165, 1.54) is 6.07 Å². The Morgan fingerprint density at radius 3 is 2.77 bits per heavy atom. The molecular formula is C22H25N3O6. The highest BCUT2D eigenvalue weighted by Crippen LogP contribution is 2.62. The van der Waals surface area contributed by atoms with Crippen LogP contribution in [0.1, 0.15) is 48.0 Å². The molecule has 2 saturated heterocycles. The Labute approximate surface area is 178 Å². The summed E-state index contributed by atoms with van der Waals surface area (Å²) in [6, 6.07) is 1.81. The standard InChI is InChI=1S/C22H25N3O6/c26-13-4-3-12-14(27)9-15-22(30)5-7-23-20(29)24-19(28)18-21(22,16(12)17(13)31-18)6-8-25(15)10-11-1-2-11/h3-4,11,15,18,26,30H,1-2,5-10H2,(H2,23,24,28,29). The number of imide groups is 1. The van der Waals surface area contributed by atoms with E-state index in [-0.39, 0.29) is 36.7 Å². The van der Waals surface area contributed by atoms with Crippen molar-refractivity contribution < 1.29 is 29.3 Å². The molecule has 3 heterocycles. The van der Waals surface area contributed by atoms with Gasteiger partial charge >= 0.3 is 6.03 Å². The van der Waals surface area contributed by atoms with Gasteiger partial charge in [-0.15, -0.1) is 0 Å². The SMILES string of the molecule is O=C1NCCC2(O)C3CC(=O)c4ccc(O)c5c4C2(CCN3CC2CC2)C(O5)C(=O)N1. The Kier molecular flexibility index (Phi) is 3.81.